The molecule has 3 aromatic carbocycles. The molecule has 6 heteroatoms. The van der Waals surface area contributed by atoms with Gasteiger partial charge in [-0.25, -0.2) is 4.85 Å². The lowest BCUT2D eigenvalue weighted by molar-refractivity contribution is 0.103. The molecule has 0 fully saturated rings. The summed E-state index contributed by atoms with van der Waals surface area (Å²) in [5.74, 6) is -0.580. The molecule has 0 amide bonds. The van der Waals surface area contributed by atoms with Crippen molar-refractivity contribution in [2.75, 3.05) is 0 Å². The van der Waals surface area contributed by atoms with Gasteiger partial charge in [-0.2, -0.15) is 5.26 Å². The first-order valence-corrected chi connectivity index (χ1v) is 14.3. The second kappa shape index (κ2) is 12.4. The first-order valence-electron chi connectivity index (χ1n) is 12.7. The van der Waals surface area contributed by atoms with E-state index in [9.17, 15) is 14.9 Å². The Morgan fingerprint density at radius 2 is 1.41 bits per heavy atom. The molecule has 0 saturated carbocycles. The number of hydrogen-bond donors (Lipinski definition) is 0. The normalized spacial score (nSPS) is 11.5. The zero-order valence-electron chi connectivity index (χ0n) is 22.0. The van der Waals surface area contributed by atoms with Crippen molar-refractivity contribution in [2.45, 2.75) is 6.92 Å². The van der Waals surface area contributed by atoms with Crippen LogP contribution in [0.1, 0.15) is 36.7 Å². The molecule has 0 aliphatic carbocycles. The van der Waals surface area contributed by atoms with Gasteiger partial charge < -0.3 is 4.79 Å². The minimum Gasteiger partial charge on any atom is -0.302 e. The van der Waals surface area contributed by atoms with Crippen LogP contribution in [0.2, 0.25) is 0 Å². The van der Waals surface area contributed by atoms with Gasteiger partial charge in [-0.3, -0.25) is 4.79 Å². The largest absolute Gasteiger partial charge is 0.302 e. The molecule has 0 N–H and O–H groups in total. The Balaban J connectivity index is 1.36. The third-order valence-corrected chi connectivity index (χ3v) is 8.85. The van der Waals surface area contributed by atoms with E-state index < -0.39 is 0 Å². The number of allylic oxidation sites excluding steroid dienone is 2. The van der Waals surface area contributed by atoms with Crippen LogP contribution in [0.4, 0.5) is 0 Å². The van der Waals surface area contributed by atoms with Gasteiger partial charge in [0.2, 0.25) is 11.5 Å². The second-order valence-corrected chi connectivity index (χ2v) is 11.3. The molecule has 5 aromatic rings. The average molecular weight is 567 g/mol. The molecule has 4 nitrogen and oxygen atoms in total. The molecule has 0 aliphatic rings. The number of carbonyl (C=O) groups excluding carboxylic acids is 2. The van der Waals surface area contributed by atoms with E-state index in [4.69, 9.17) is 6.57 Å². The molecule has 196 valence electrons. The third kappa shape index (κ3) is 6.21. The van der Waals surface area contributed by atoms with E-state index in [0.29, 0.717) is 11.1 Å². The number of rotatable bonds is 8. The molecule has 2 heterocycles. The smallest absolute Gasteiger partial charge is 0.235 e. The van der Waals surface area contributed by atoms with E-state index in [1.54, 1.807) is 83.4 Å². The molecule has 0 aliphatic heterocycles. The first-order chi connectivity index (χ1) is 20.0. The molecular formula is C35H22N2O2S2. The summed E-state index contributed by atoms with van der Waals surface area (Å²) >= 11 is 3.21. The topological polar surface area (TPSA) is 62.3 Å². The Bertz CT molecular complexity index is 1880. The van der Waals surface area contributed by atoms with Crippen molar-refractivity contribution in [1.82, 2.24) is 0 Å². The number of aryl methyl sites for hydroxylation is 1. The van der Waals surface area contributed by atoms with E-state index in [-0.39, 0.29) is 22.8 Å². The van der Waals surface area contributed by atoms with Gasteiger partial charge in [-0.05, 0) is 54.0 Å². The molecule has 0 saturated heterocycles. The fraction of sp³-hybridized carbons (Fsp3) is 0.0286. The second-order valence-electron chi connectivity index (χ2n) is 9.15. The lowest BCUT2D eigenvalue weighted by Gasteiger charge is -2.02. The third-order valence-electron chi connectivity index (χ3n) is 6.34. The van der Waals surface area contributed by atoms with Gasteiger partial charge >= 0.3 is 0 Å². The van der Waals surface area contributed by atoms with Crippen molar-refractivity contribution < 1.29 is 9.59 Å². The zero-order chi connectivity index (χ0) is 28.8. The molecule has 2 aromatic heterocycles. The number of thiophene rings is 2. The summed E-state index contributed by atoms with van der Waals surface area (Å²) in [5.41, 5.74) is 4.12. The maximum absolute atomic E-state index is 12.7. The number of hydrogen-bond acceptors (Lipinski definition) is 5. The number of carbonyl (C=O) groups is 2. The summed E-state index contributed by atoms with van der Waals surface area (Å²) in [6.45, 7) is 9.59. The summed E-state index contributed by atoms with van der Waals surface area (Å²) in [6.07, 6.45) is 3.27. The van der Waals surface area contributed by atoms with E-state index in [1.807, 2.05) is 54.6 Å². The van der Waals surface area contributed by atoms with Crippen LogP contribution in [0.3, 0.4) is 0 Å². The zero-order valence-corrected chi connectivity index (χ0v) is 23.6. The molecule has 0 unspecified atom stereocenters. The fourth-order valence-corrected chi connectivity index (χ4v) is 6.47. The highest BCUT2D eigenvalue weighted by Crippen LogP contribution is 2.41. The number of ketones is 2. The van der Waals surface area contributed by atoms with Crippen molar-refractivity contribution in [3.63, 3.8) is 0 Å². The van der Waals surface area contributed by atoms with Gasteiger partial charge in [0.05, 0.1) is 6.57 Å². The lowest BCUT2D eigenvalue weighted by Crippen LogP contribution is -2.01. The summed E-state index contributed by atoms with van der Waals surface area (Å²) in [6, 6.07) is 33.6. The van der Waals surface area contributed by atoms with E-state index in [0.717, 1.165) is 36.2 Å². The van der Waals surface area contributed by atoms with Crippen molar-refractivity contribution >= 4 is 46.4 Å². The van der Waals surface area contributed by atoms with Crippen LogP contribution in [0.5, 0.6) is 0 Å². The van der Waals surface area contributed by atoms with Gasteiger partial charge in [-0.1, -0.05) is 84.9 Å². The van der Waals surface area contributed by atoms with Crippen LogP contribution in [-0.2, 0) is 0 Å². The van der Waals surface area contributed by atoms with Crippen LogP contribution in [0, 0.1) is 24.8 Å². The van der Waals surface area contributed by atoms with Gasteiger partial charge in [0.15, 0.2) is 5.78 Å². The average Bonchev–Trinajstić information content (AvgIpc) is 3.65. The van der Waals surface area contributed by atoms with E-state index in [1.165, 1.54) is 0 Å². The van der Waals surface area contributed by atoms with Crippen molar-refractivity contribution in [3.05, 3.63) is 153 Å². The lowest BCUT2D eigenvalue weighted by atomic mass is 10.0. The van der Waals surface area contributed by atoms with Crippen LogP contribution >= 0.6 is 22.7 Å². The van der Waals surface area contributed by atoms with Gasteiger partial charge in [0.25, 0.3) is 0 Å². The Morgan fingerprint density at radius 3 is 2.02 bits per heavy atom. The van der Waals surface area contributed by atoms with Crippen LogP contribution < -0.4 is 0 Å². The predicted octanol–water partition coefficient (Wildman–Crippen LogP) is 9.38. The van der Waals surface area contributed by atoms with Crippen molar-refractivity contribution in [2.24, 2.45) is 0 Å². The van der Waals surface area contributed by atoms with Crippen molar-refractivity contribution in [1.29, 1.82) is 5.26 Å². The maximum atomic E-state index is 12.7. The SMILES string of the molecule is [C-]#[N+]/C(=C\c1ccc(-c2cc(C)c(-c3ccc(/C=C(\C#N)C(=O)c4ccccc4)cc3)s2)s1)C(=O)c1ccccc1. The summed E-state index contributed by atoms with van der Waals surface area (Å²) in [4.78, 5) is 33.1. The molecule has 0 radical (unpaired) electrons. The van der Waals surface area contributed by atoms with E-state index >= 15 is 0 Å². The Labute approximate surface area is 246 Å². The molecule has 0 bridgehead atoms. The van der Waals surface area contributed by atoms with Gasteiger partial charge in [0, 0.05) is 30.6 Å². The minimum absolute atomic E-state index is 0.0896. The first kappa shape index (κ1) is 27.4. The summed E-state index contributed by atoms with van der Waals surface area (Å²) in [5, 5.41) is 9.57. The number of nitrogens with zero attached hydrogens (tertiary/aromatic N) is 2. The standard InChI is InChI=1S/C35H22N2O2S2/c1-23-19-32(31-18-17-29(40-31)21-30(37-2)34(39)26-11-7-4-8-12-26)41-35(23)27-15-13-24(14-16-27)20-28(22-36)33(38)25-9-5-3-6-10-25/h3-21H,1H3/b28-20+,30-21-. The number of nitriles is 1. The number of benzene rings is 3. The fourth-order valence-electron chi connectivity index (χ4n) is 4.26. The Hall–Kier alpha value is -5.14. The highest BCUT2D eigenvalue weighted by atomic mass is 32.1. The Morgan fingerprint density at radius 1 is 0.780 bits per heavy atom. The highest BCUT2D eigenvalue weighted by Gasteiger charge is 2.15. The molecule has 0 atom stereocenters. The quantitative estimate of drug-likeness (QED) is 0.0813. The summed E-state index contributed by atoms with van der Waals surface area (Å²) in [7, 11) is 0. The highest BCUT2D eigenvalue weighted by molar-refractivity contribution is 7.24. The van der Waals surface area contributed by atoms with Crippen molar-refractivity contribution in [3.8, 4) is 26.3 Å². The minimum atomic E-state index is -0.297. The van der Waals surface area contributed by atoms with Gasteiger partial charge in [0.1, 0.15) is 11.6 Å². The van der Waals surface area contributed by atoms with Gasteiger partial charge in [-0.15, -0.1) is 22.7 Å². The monoisotopic (exact) mass is 566 g/mol. The molecular weight excluding hydrogens is 545 g/mol. The summed E-state index contributed by atoms with van der Waals surface area (Å²) < 4.78 is 0. The maximum Gasteiger partial charge on any atom is 0.235 e. The molecule has 0 spiro atoms. The predicted molar refractivity (Wildman–Crippen MR) is 168 cm³/mol. The molecule has 41 heavy (non-hydrogen) atoms. The Kier molecular flexibility index (Phi) is 8.27. The van der Waals surface area contributed by atoms with Crippen LogP contribution in [-0.4, -0.2) is 11.6 Å². The molecule has 5 rings (SSSR count). The van der Waals surface area contributed by atoms with Crippen LogP contribution in [0.25, 0.3) is 37.2 Å². The number of Topliss-reactive ketones (excluding diaryl/α,β-unsaturated/α-hetero) is 2. The van der Waals surface area contributed by atoms with Crippen LogP contribution in [0.15, 0.2) is 114 Å². The van der Waals surface area contributed by atoms with E-state index in [2.05, 4.69) is 17.8 Å².